The zero-order valence-electron chi connectivity index (χ0n) is 5.35. The molecule has 2 aromatic rings. The van der Waals surface area contributed by atoms with E-state index in [0.29, 0.717) is 11.2 Å². The highest BCUT2D eigenvalue weighted by Crippen LogP contribution is 2.10. The lowest BCUT2D eigenvalue weighted by molar-refractivity contribution is -0.348. The molecule has 0 aromatic carbocycles. The van der Waals surface area contributed by atoms with Crippen molar-refractivity contribution >= 4 is 27.2 Å². The zero-order chi connectivity index (χ0) is 7.84. The van der Waals surface area contributed by atoms with E-state index in [2.05, 4.69) is 25.9 Å². The van der Waals surface area contributed by atoms with Crippen molar-refractivity contribution in [2.75, 3.05) is 0 Å². The monoisotopic (exact) mass is 215 g/mol. The van der Waals surface area contributed by atoms with E-state index in [1.807, 2.05) is 0 Å². The molecule has 4 nitrogen and oxygen atoms in total. The molecule has 2 rings (SSSR count). The van der Waals surface area contributed by atoms with Gasteiger partial charge in [-0.3, -0.25) is 0 Å². The Hall–Kier alpha value is -1.10. The van der Waals surface area contributed by atoms with Crippen LogP contribution in [0.25, 0.3) is 11.2 Å². The number of aromatic amines is 2. The lowest BCUT2D eigenvalue weighted by Crippen LogP contribution is -2.04. The van der Waals surface area contributed by atoms with Gasteiger partial charge in [0, 0.05) is 6.07 Å². The quantitative estimate of drug-likeness (QED) is 0.704. The molecule has 56 valence electrons. The van der Waals surface area contributed by atoms with Crippen LogP contribution in [-0.4, -0.2) is 4.98 Å². The van der Waals surface area contributed by atoms with Gasteiger partial charge in [-0.25, -0.2) is 4.98 Å². The fourth-order valence-corrected chi connectivity index (χ4v) is 1.18. The van der Waals surface area contributed by atoms with Crippen LogP contribution in [0.3, 0.4) is 0 Å². The maximum Gasteiger partial charge on any atom is 0.510 e. The van der Waals surface area contributed by atoms with E-state index in [-0.39, 0.29) is 0 Å². The molecule has 11 heavy (non-hydrogen) atoms. The second kappa shape index (κ2) is 2.20. The zero-order valence-corrected chi connectivity index (χ0v) is 6.94. The van der Waals surface area contributed by atoms with E-state index < -0.39 is 5.76 Å². The Morgan fingerprint density at radius 3 is 3.27 bits per heavy atom. The van der Waals surface area contributed by atoms with Crippen molar-refractivity contribution in [3.63, 3.8) is 0 Å². The third-order valence-electron chi connectivity index (χ3n) is 1.30. The first-order chi connectivity index (χ1) is 5.25. The molecule has 0 saturated heterocycles. The average molecular weight is 216 g/mol. The molecule has 0 radical (unpaired) electrons. The first-order valence-corrected chi connectivity index (χ1v) is 3.75. The maximum absolute atomic E-state index is 10.6. The molecule has 0 aliphatic rings. The van der Waals surface area contributed by atoms with Gasteiger partial charge in [-0.2, -0.15) is 9.78 Å². The molecule has 0 amide bonds. The van der Waals surface area contributed by atoms with Gasteiger partial charge in [0.15, 0.2) is 0 Å². The number of oxazole rings is 1. The summed E-state index contributed by atoms with van der Waals surface area (Å²) in [6, 6.07) is 1.71. The Bertz CT molecular complexity index is 445. The second-order valence-electron chi connectivity index (χ2n) is 2.07. The van der Waals surface area contributed by atoms with Crippen LogP contribution in [-0.2, 0) is 0 Å². The van der Waals surface area contributed by atoms with Crippen molar-refractivity contribution in [1.82, 2.24) is 4.98 Å². The molecule has 2 N–H and O–H groups in total. The summed E-state index contributed by atoms with van der Waals surface area (Å²) in [5.74, 6) is -0.450. The topological polar surface area (TPSA) is 60.1 Å². The number of halogens is 1. The number of nitrogens with one attached hydrogen (secondary N) is 2. The smallest absolute Gasteiger partial charge is 0.383 e. The third kappa shape index (κ3) is 1.07. The summed E-state index contributed by atoms with van der Waals surface area (Å²) < 4.78 is 5.62. The van der Waals surface area contributed by atoms with Crippen LogP contribution in [0.5, 0.6) is 0 Å². The normalized spacial score (nSPS) is 10.6. The molecule has 0 spiro atoms. The molecule has 0 bridgehead atoms. The van der Waals surface area contributed by atoms with Crippen LogP contribution in [0.4, 0.5) is 0 Å². The summed E-state index contributed by atoms with van der Waals surface area (Å²) in [7, 11) is 0. The van der Waals surface area contributed by atoms with Gasteiger partial charge in [0.25, 0.3) is 0 Å². The molecule has 2 aromatic heterocycles. The molecular formula is C6H4BrN2O2+. The van der Waals surface area contributed by atoms with Crippen LogP contribution in [0.2, 0.25) is 0 Å². The van der Waals surface area contributed by atoms with E-state index in [1.165, 1.54) is 0 Å². The van der Waals surface area contributed by atoms with Gasteiger partial charge in [0.2, 0.25) is 5.58 Å². The standard InChI is InChI=1S/C6H3BrN2O2/c7-3-1-4-5(8-2-3)9-6(10)11-4/h1-2H,(H,8,9,10)/p+1. The van der Waals surface area contributed by atoms with Crippen molar-refractivity contribution < 1.29 is 9.40 Å². The molecule has 0 fully saturated rings. The Morgan fingerprint density at radius 1 is 1.64 bits per heavy atom. The van der Waals surface area contributed by atoms with Crippen LogP contribution in [0.15, 0.2) is 25.9 Å². The molecule has 0 saturated carbocycles. The minimum absolute atomic E-state index is 0.450. The van der Waals surface area contributed by atoms with Crippen molar-refractivity contribution in [1.29, 1.82) is 0 Å². The number of pyridine rings is 1. The minimum atomic E-state index is -0.450. The van der Waals surface area contributed by atoms with Crippen LogP contribution in [0.1, 0.15) is 0 Å². The first kappa shape index (κ1) is 6.60. The highest BCUT2D eigenvalue weighted by Gasteiger charge is 2.07. The van der Waals surface area contributed by atoms with Crippen LogP contribution in [0, 0.1) is 0 Å². The van der Waals surface area contributed by atoms with Gasteiger partial charge < -0.3 is 4.42 Å². The Morgan fingerprint density at radius 2 is 2.45 bits per heavy atom. The summed E-state index contributed by atoms with van der Waals surface area (Å²) in [5.41, 5.74) is 1.11. The number of aromatic nitrogens is 2. The predicted molar refractivity (Wildman–Crippen MR) is 41.1 cm³/mol. The minimum Gasteiger partial charge on any atom is -0.383 e. The Labute approximate surface area is 69.4 Å². The number of hydrogen-bond donors (Lipinski definition) is 1. The highest BCUT2D eigenvalue weighted by atomic mass is 79.9. The van der Waals surface area contributed by atoms with Crippen molar-refractivity contribution in [3.8, 4) is 0 Å². The van der Waals surface area contributed by atoms with Crippen molar-refractivity contribution in [2.24, 2.45) is 0 Å². The number of H-pyrrole nitrogens is 2. The Kier molecular flexibility index (Phi) is 1.32. The van der Waals surface area contributed by atoms with Crippen LogP contribution >= 0.6 is 15.9 Å². The summed E-state index contributed by atoms with van der Waals surface area (Å²) >= 11 is 3.23. The third-order valence-corrected chi connectivity index (χ3v) is 1.76. The van der Waals surface area contributed by atoms with E-state index in [0.717, 1.165) is 4.47 Å². The Balaban J connectivity index is 2.92. The predicted octanol–water partition coefficient (Wildman–Crippen LogP) is 0.698. The molecule has 0 unspecified atom stereocenters. The van der Waals surface area contributed by atoms with Crippen molar-refractivity contribution in [2.45, 2.75) is 0 Å². The fourth-order valence-electron chi connectivity index (χ4n) is 0.857. The summed E-state index contributed by atoms with van der Waals surface area (Å²) in [6.45, 7) is 0. The van der Waals surface area contributed by atoms with E-state index in [1.54, 1.807) is 12.3 Å². The van der Waals surface area contributed by atoms with Gasteiger partial charge in [0.1, 0.15) is 6.20 Å². The van der Waals surface area contributed by atoms with E-state index >= 15 is 0 Å². The molecule has 0 atom stereocenters. The summed E-state index contributed by atoms with van der Waals surface area (Å²) in [6.07, 6.45) is 1.72. The first-order valence-electron chi connectivity index (χ1n) is 2.96. The SMILES string of the molecule is O=c1[nH]c2[nH+]cc(Br)cc2o1. The number of fused-ring (bicyclic) bond motifs is 1. The van der Waals surface area contributed by atoms with Gasteiger partial charge in [-0.05, 0) is 15.9 Å². The lowest BCUT2D eigenvalue weighted by Gasteiger charge is -1.81. The summed E-state index contributed by atoms with van der Waals surface area (Å²) in [4.78, 5) is 16.0. The molecular weight excluding hydrogens is 212 g/mol. The number of hydrogen-bond acceptors (Lipinski definition) is 2. The van der Waals surface area contributed by atoms with Crippen LogP contribution < -0.4 is 10.7 Å². The fraction of sp³-hybridized carbons (Fsp3) is 0. The number of rotatable bonds is 0. The second-order valence-corrected chi connectivity index (χ2v) is 2.99. The van der Waals surface area contributed by atoms with Gasteiger partial charge >= 0.3 is 11.4 Å². The lowest BCUT2D eigenvalue weighted by atomic mass is 10.5. The molecule has 5 heteroatoms. The highest BCUT2D eigenvalue weighted by molar-refractivity contribution is 9.10. The van der Waals surface area contributed by atoms with Gasteiger partial charge in [-0.15, -0.1) is 0 Å². The maximum atomic E-state index is 10.6. The van der Waals surface area contributed by atoms with Crippen molar-refractivity contribution in [3.05, 3.63) is 27.3 Å². The van der Waals surface area contributed by atoms with E-state index in [9.17, 15) is 4.79 Å². The average Bonchev–Trinajstić information content (AvgIpc) is 2.27. The molecule has 0 aliphatic carbocycles. The summed E-state index contributed by atoms with van der Waals surface area (Å²) in [5, 5.41) is 0. The largest absolute Gasteiger partial charge is 0.510 e. The van der Waals surface area contributed by atoms with Gasteiger partial charge in [0.05, 0.1) is 4.47 Å². The van der Waals surface area contributed by atoms with Gasteiger partial charge in [-0.1, -0.05) is 0 Å². The molecule has 0 aliphatic heterocycles. The van der Waals surface area contributed by atoms with E-state index in [4.69, 9.17) is 4.42 Å². The molecule has 2 heterocycles.